The molecular weight excluding hydrogens is 254 g/mol. The number of hydrogen-bond acceptors (Lipinski definition) is 4. The van der Waals surface area contributed by atoms with Crippen LogP contribution in [0.15, 0.2) is 36.7 Å². The van der Waals surface area contributed by atoms with Crippen molar-refractivity contribution in [1.29, 1.82) is 0 Å². The predicted molar refractivity (Wildman–Crippen MR) is 75.6 cm³/mol. The third-order valence-electron chi connectivity index (χ3n) is 2.92. The molecule has 2 aromatic heterocycles. The Morgan fingerprint density at radius 2 is 2.00 bits per heavy atom. The summed E-state index contributed by atoms with van der Waals surface area (Å²) < 4.78 is 5.03. The summed E-state index contributed by atoms with van der Waals surface area (Å²) in [7, 11) is 3.30. The van der Waals surface area contributed by atoms with Crippen LogP contribution in [0.2, 0.25) is 0 Å². The molecule has 0 unspecified atom stereocenters. The quantitative estimate of drug-likeness (QED) is 0.854. The van der Waals surface area contributed by atoms with Crippen molar-refractivity contribution in [1.82, 2.24) is 14.9 Å². The molecule has 0 atom stereocenters. The van der Waals surface area contributed by atoms with Gasteiger partial charge in [0.2, 0.25) is 5.88 Å². The van der Waals surface area contributed by atoms with E-state index in [-0.39, 0.29) is 5.91 Å². The fourth-order valence-electron chi connectivity index (χ4n) is 1.92. The van der Waals surface area contributed by atoms with Crippen molar-refractivity contribution in [3.8, 4) is 5.88 Å². The summed E-state index contributed by atoms with van der Waals surface area (Å²) in [6.45, 7) is 2.46. The number of ether oxygens (including phenoxy) is 1. The number of pyridine rings is 2. The van der Waals surface area contributed by atoms with E-state index in [9.17, 15) is 4.79 Å². The summed E-state index contributed by atoms with van der Waals surface area (Å²) in [6, 6.07) is 7.19. The number of aryl methyl sites for hydroxylation is 1. The summed E-state index contributed by atoms with van der Waals surface area (Å²) in [4.78, 5) is 22.1. The lowest BCUT2D eigenvalue weighted by Crippen LogP contribution is -2.26. The van der Waals surface area contributed by atoms with Crippen molar-refractivity contribution in [2.45, 2.75) is 13.5 Å². The Hall–Kier alpha value is -2.43. The minimum absolute atomic E-state index is 0.0693. The highest BCUT2D eigenvalue weighted by Gasteiger charge is 2.13. The average molecular weight is 271 g/mol. The molecule has 5 heteroatoms. The van der Waals surface area contributed by atoms with Gasteiger partial charge in [0.05, 0.1) is 7.11 Å². The van der Waals surface area contributed by atoms with Crippen molar-refractivity contribution in [2.75, 3.05) is 14.2 Å². The van der Waals surface area contributed by atoms with Crippen LogP contribution in [0, 0.1) is 6.92 Å². The van der Waals surface area contributed by atoms with Gasteiger partial charge in [0.1, 0.15) is 0 Å². The van der Waals surface area contributed by atoms with Crippen LogP contribution < -0.4 is 4.74 Å². The largest absolute Gasteiger partial charge is 0.481 e. The topological polar surface area (TPSA) is 55.3 Å². The van der Waals surface area contributed by atoms with Gasteiger partial charge in [-0.25, -0.2) is 4.98 Å². The maximum atomic E-state index is 12.3. The fraction of sp³-hybridized carbons (Fsp3) is 0.267. The van der Waals surface area contributed by atoms with Crippen molar-refractivity contribution in [2.24, 2.45) is 0 Å². The minimum atomic E-state index is -0.0693. The number of nitrogens with zero attached hydrogens (tertiary/aromatic N) is 3. The fourth-order valence-corrected chi connectivity index (χ4v) is 1.92. The van der Waals surface area contributed by atoms with Gasteiger partial charge in [-0.05, 0) is 30.7 Å². The second kappa shape index (κ2) is 6.14. The molecule has 0 saturated carbocycles. The van der Waals surface area contributed by atoms with E-state index >= 15 is 0 Å². The highest BCUT2D eigenvalue weighted by atomic mass is 16.5. The summed E-state index contributed by atoms with van der Waals surface area (Å²) in [5, 5.41) is 0. The molecule has 0 N–H and O–H groups in total. The Bertz CT molecular complexity index is 614. The first-order chi connectivity index (χ1) is 9.60. The van der Waals surface area contributed by atoms with Gasteiger partial charge in [-0.2, -0.15) is 0 Å². The van der Waals surface area contributed by atoms with Gasteiger partial charge in [-0.15, -0.1) is 0 Å². The molecule has 2 rings (SSSR count). The van der Waals surface area contributed by atoms with E-state index in [1.165, 1.54) is 7.11 Å². The third kappa shape index (κ3) is 3.32. The number of methoxy groups -OCH3 is 1. The van der Waals surface area contributed by atoms with Gasteiger partial charge in [0.25, 0.3) is 5.91 Å². The normalized spacial score (nSPS) is 10.2. The molecule has 0 aromatic carbocycles. The lowest BCUT2D eigenvalue weighted by Gasteiger charge is -2.17. The predicted octanol–water partition coefficient (Wildman–Crippen LogP) is 2.07. The molecule has 5 nitrogen and oxygen atoms in total. The smallest absolute Gasteiger partial charge is 0.254 e. The van der Waals surface area contributed by atoms with Crippen molar-refractivity contribution < 1.29 is 9.53 Å². The highest BCUT2D eigenvalue weighted by Crippen LogP contribution is 2.12. The first kappa shape index (κ1) is 14.0. The van der Waals surface area contributed by atoms with E-state index in [2.05, 4.69) is 9.97 Å². The van der Waals surface area contributed by atoms with Crippen molar-refractivity contribution in [3.63, 3.8) is 0 Å². The van der Waals surface area contributed by atoms with E-state index in [1.807, 2.05) is 19.1 Å². The molecule has 0 aliphatic heterocycles. The number of carbonyl (C=O) groups is 1. The molecule has 0 spiro atoms. The molecule has 2 aromatic rings. The van der Waals surface area contributed by atoms with Crippen LogP contribution in [0.1, 0.15) is 21.6 Å². The van der Waals surface area contributed by atoms with Crippen LogP contribution in [0.3, 0.4) is 0 Å². The molecule has 0 saturated heterocycles. The van der Waals surface area contributed by atoms with E-state index in [0.717, 1.165) is 11.3 Å². The third-order valence-corrected chi connectivity index (χ3v) is 2.92. The second-order valence-electron chi connectivity index (χ2n) is 4.55. The summed E-state index contributed by atoms with van der Waals surface area (Å²) in [5.74, 6) is 0.365. The molecule has 20 heavy (non-hydrogen) atoms. The molecule has 1 amide bonds. The lowest BCUT2D eigenvalue weighted by atomic mass is 10.2. The first-order valence-electron chi connectivity index (χ1n) is 6.27. The number of aromatic nitrogens is 2. The van der Waals surface area contributed by atoms with Crippen LogP contribution in [0.4, 0.5) is 0 Å². The summed E-state index contributed by atoms with van der Waals surface area (Å²) >= 11 is 0. The number of hydrogen-bond donors (Lipinski definition) is 0. The first-order valence-corrected chi connectivity index (χ1v) is 6.27. The molecular formula is C15H17N3O2. The standard InChI is InChI=1S/C15H17N3O2/c1-11-8-12(4-6-16-11)10-18(2)15(19)13-5-7-17-14(9-13)20-3/h4-9H,10H2,1-3H3. The molecule has 104 valence electrons. The van der Waals surface area contributed by atoms with Gasteiger partial charge in [0, 0.05) is 43.3 Å². The molecule has 0 aliphatic carbocycles. The van der Waals surface area contributed by atoms with E-state index < -0.39 is 0 Å². The Morgan fingerprint density at radius 1 is 1.25 bits per heavy atom. The maximum absolute atomic E-state index is 12.3. The maximum Gasteiger partial charge on any atom is 0.254 e. The molecule has 2 heterocycles. The molecule has 0 fully saturated rings. The van der Waals surface area contributed by atoms with Gasteiger partial charge in [-0.3, -0.25) is 9.78 Å². The minimum Gasteiger partial charge on any atom is -0.481 e. The Kier molecular flexibility index (Phi) is 4.30. The van der Waals surface area contributed by atoms with E-state index in [0.29, 0.717) is 18.0 Å². The summed E-state index contributed by atoms with van der Waals surface area (Å²) in [6.07, 6.45) is 3.31. The molecule has 0 bridgehead atoms. The van der Waals surface area contributed by atoms with Crippen LogP contribution >= 0.6 is 0 Å². The summed E-state index contributed by atoms with van der Waals surface area (Å²) in [5.41, 5.74) is 2.55. The Labute approximate surface area is 118 Å². The SMILES string of the molecule is COc1cc(C(=O)N(C)Cc2ccnc(C)c2)ccn1. The zero-order chi connectivity index (χ0) is 14.5. The van der Waals surface area contributed by atoms with Crippen LogP contribution in [0.5, 0.6) is 5.88 Å². The van der Waals surface area contributed by atoms with Crippen molar-refractivity contribution >= 4 is 5.91 Å². The molecule has 0 aliphatic rings. The van der Waals surface area contributed by atoms with E-state index in [4.69, 9.17) is 4.74 Å². The van der Waals surface area contributed by atoms with Gasteiger partial charge < -0.3 is 9.64 Å². The number of rotatable bonds is 4. The monoisotopic (exact) mass is 271 g/mol. The zero-order valence-electron chi connectivity index (χ0n) is 11.8. The number of amides is 1. The zero-order valence-corrected chi connectivity index (χ0v) is 11.8. The van der Waals surface area contributed by atoms with Crippen LogP contribution in [-0.2, 0) is 6.54 Å². The average Bonchev–Trinajstić information content (AvgIpc) is 2.46. The second-order valence-corrected chi connectivity index (χ2v) is 4.55. The van der Waals surface area contributed by atoms with Gasteiger partial charge >= 0.3 is 0 Å². The van der Waals surface area contributed by atoms with Crippen molar-refractivity contribution in [3.05, 3.63) is 53.5 Å². The lowest BCUT2D eigenvalue weighted by molar-refractivity contribution is 0.0784. The highest BCUT2D eigenvalue weighted by molar-refractivity contribution is 5.94. The van der Waals surface area contributed by atoms with Crippen LogP contribution in [-0.4, -0.2) is 34.9 Å². The van der Waals surface area contributed by atoms with E-state index in [1.54, 1.807) is 36.5 Å². The van der Waals surface area contributed by atoms with Crippen LogP contribution in [0.25, 0.3) is 0 Å². The van der Waals surface area contributed by atoms with Gasteiger partial charge in [0.15, 0.2) is 0 Å². The Morgan fingerprint density at radius 3 is 2.70 bits per heavy atom. The van der Waals surface area contributed by atoms with Gasteiger partial charge in [-0.1, -0.05) is 0 Å². The number of carbonyl (C=O) groups excluding carboxylic acids is 1. The Balaban J connectivity index is 2.12. The molecule has 0 radical (unpaired) electrons.